The molecule has 1 amide bonds. The molecule has 26 heavy (non-hydrogen) atoms. The van der Waals surface area contributed by atoms with Crippen LogP contribution in [0.15, 0.2) is 66.9 Å². The molecule has 0 spiro atoms. The number of carbonyl (C=O) groups is 1. The quantitative estimate of drug-likeness (QED) is 0.719. The predicted octanol–water partition coefficient (Wildman–Crippen LogP) is 3.87. The van der Waals surface area contributed by atoms with Gasteiger partial charge in [0.2, 0.25) is 0 Å². The number of nitrogens with zero attached hydrogens (tertiary/aromatic N) is 2. The number of rotatable bonds is 4. The molecule has 1 aliphatic rings. The number of aryl methyl sites for hydroxylation is 1. The van der Waals surface area contributed by atoms with Crippen LogP contribution >= 0.6 is 0 Å². The molecule has 0 fully saturated rings. The van der Waals surface area contributed by atoms with E-state index in [1.54, 1.807) is 0 Å². The number of fused-ring (bicyclic) bond motifs is 1. The van der Waals surface area contributed by atoms with Gasteiger partial charge in [0.25, 0.3) is 5.91 Å². The van der Waals surface area contributed by atoms with Gasteiger partial charge >= 0.3 is 0 Å². The van der Waals surface area contributed by atoms with E-state index in [9.17, 15) is 4.79 Å². The largest absolute Gasteiger partial charge is 0.484 e. The van der Waals surface area contributed by atoms with E-state index in [1.165, 1.54) is 22.0 Å². The molecule has 2 aromatic carbocycles. The van der Waals surface area contributed by atoms with Gasteiger partial charge in [0.15, 0.2) is 6.61 Å². The van der Waals surface area contributed by atoms with Crippen LogP contribution in [0.3, 0.4) is 0 Å². The number of hydrogen-bond donors (Lipinski definition) is 0. The monoisotopic (exact) mass is 346 g/mol. The highest BCUT2D eigenvalue weighted by Gasteiger charge is 2.20. The van der Waals surface area contributed by atoms with E-state index >= 15 is 0 Å². The van der Waals surface area contributed by atoms with Gasteiger partial charge in [-0.15, -0.1) is 0 Å². The number of hydrogen-bond acceptors (Lipinski definition) is 2. The average molecular weight is 346 g/mol. The highest BCUT2D eigenvalue weighted by atomic mass is 16.5. The van der Waals surface area contributed by atoms with Crippen molar-refractivity contribution in [1.82, 2.24) is 9.47 Å². The molecule has 0 unspecified atom stereocenters. The molecule has 0 saturated heterocycles. The first-order chi connectivity index (χ1) is 12.7. The van der Waals surface area contributed by atoms with Gasteiger partial charge in [0, 0.05) is 42.8 Å². The molecule has 0 radical (unpaired) electrons. The third kappa shape index (κ3) is 3.23. The number of aromatic nitrogens is 1. The minimum absolute atomic E-state index is 0.0297. The summed E-state index contributed by atoms with van der Waals surface area (Å²) in [7, 11) is 2.08. The number of benzene rings is 2. The minimum atomic E-state index is 0.0297. The Morgan fingerprint density at radius 3 is 2.62 bits per heavy atom. The Bertz CT molecular complexity index is 957. The summed E-state index contributed by atoms with van der Waals surface area (Å²) in [5.74, 6) is 0.756. The van der Waals surface area contributed by atoms with Gasteiger partial charge in [-0.05, 0) is 30.2 Å². The Hall–Kier alpha value is -3.01. The zero-order valence-corrected chi connectivity index (χ0v) is 14.9. The second-order valence-electron chi connectivity index (χ2n) is 6.59. The first kappa shape index (κ1) is 16.5. The summed E-state index contributed by atoms with van der Waals surface area (Å²) in [4.78, 5) is 14.3. The van der Waals surface area contributed by atoms with Gasteiger partial charge in [0.05, 0.1) is 0 Å². The predicted molar refractivity (Wildman–Crippen MR) is 104 cm³/mol. The van der Waals surface area contributed by atoms with E-state index in [0.29, 0.717) is 6.54 Å². The van der Waals surface area contributed by atoms with Crippen LogP contribution in [0.4, 0.5) is 0 Å². The molecule has 4 rings (SSSR count). The van der Waals surface area contributed by atoms with Gasteiger partial charge in [-0.2, -0.15) is 0 Å². The van der Waals surface area contributed by atoms with E-state index in [4.69, 9.17) is 4.74 Å². The third-order valence-electron chi connectivity index (χ3n) is 4.91. The van der Waals surface area contributed by atoms with Gasteiger partial charge in [0.1, 0.15) is 5.75 Å². The molecule has 3 aromatic rings. The summed E-state index contributed by atoms with van der Waals surface area (Å²) in [6, 6.07) is 17.9. The lowest BCUT2D eigenvalue weighted by Crippen LogP contribution is -2.37. The van der Waals surface area contributed by atoms with Crippen molar-refractivity contribution in [2.24, 2.45) is 7.05 Å². The van der Waals surface area contributed by atoms with Crippen molar-refractivity contribution in [3.8, 4) is 5.75 Å². The van der Waals surface area contributed by atoms with Crippen LogP contribution in [0.5, 0.6) is 5.75 Å². The Labute approximate surface area is 153 Å². The molecule has 132 valence electrons. The highest BCUT2D eigenvalue weighted by Crippen LogP contribution is 2.30. The molecule has 0 N–H and O–H groups in total. The van der Waals surface area contributed by atoms with Crippen LogP contribution in [0, 0.1) is 0 Å². The first-order valence-corrected chi connectivity index (χ1v) is 8.91. The van der Waals surface area contributed by atoms with E-state index in [1.807, 2.05) is 35.2 Å². The molecular weight excluding hydrogens is 324 g/mol. The van der Waals surface area contributed by atoms with Crippen molar-refractivity contribution in [2.75, 3.05) is 19.7 Å². The fraction of sp³-hybridized carbons (Fsp3) is 0.227. The van der Waals surface area contributed by atoms with Crippen LogP contribution < -0.4 is 4.74 Å². The number of para-hydroxylation sites is 2. The van der Waals surface area contributed by atoms with E-state index in [-0.39, 0.29) is 12.5 Å². The second-order valence-corrected chi connectivity index (χ2v) is 6.59. The summed E-state index contributed by atoms with van der Waals surface area (Å²) < 4.78 is 7.74. The van der Waals surface area contributed by atoms with Crippen LogP contribution in [0.25, 0.3) is 16.5 Å². The number of ether oxygens (including phenoxy) is 1. The molecule has 4 nitrogen and oxygen atoms in total. The van der Waals surface area contributed by atoms with Crippen LogP contribution in [0.1, 0.15) is 12.0 Å². The number of amides is 1. The molecular formula is C22H22N2O2. The number of carbonyl (C=O) groups excluding carboxylic acids is 1. The summed E-state index contributed by atoms with van der Waals surface area (Å²) in [6.45, 7) is 1.45. The van der Waals surface area contributed by atoms with Crippen molar-refractivity contribution in [2.45, 2.75) is 6.42 Å². The summed E-state index contributed by atoms with van der Waals surface area (Å²) in [5, 5.41) is 1.27. The van der Waals surface area contributed by atoms with Crippen LogP contribution in [-0.2, 0) is 11.8 Å². The van der Waals surface area contributed by atoms with Crippen LogP contribution in [-0.4, -0.2) is 35.1 Å². The topological polar surface area (TPSA) is 34.5 Å². The maximum Gasteiger partial charge on any atom is 0.260 e. The SMILES string of the molecule is Cn1cc(C2=CCN(C(=O)COc3ccccc3)CC2)c2ccccc21. The molecule has 0 bridgehead atoms. The van der Waals surface area contributed by atoms with Gasteiger partial charge < -0.3 is 14.2 Å². The Morgan fingerprint density at radius 1 is 1.08 bits per heavy atom. The standard InChI is InChI=1S/C22H22N2O2/c1-23-15-20(19-9-5-6-10-21(19)23)17-11-13-24(14-12-17)22(25)16-26-18-7-3-2-4-8-18/h2-11,15H,12-14,16H2,1H3. The average Bonchev–Trinajstić information content (AvgIpc) is 3.04. The summed E-state index contributed by atoms with van der Waals surface area (Å²) in [5.41, 5.74) is 3.82. The lowest BCUT2D eigenvalue weighted by Gasteiger charge is -2.26. The zero-order valence-electron chi connectivity index (χ0n) is 14.9. The maximum absolute atomic E-state index is 12.4. The molecule has 0 atom stereocenters. The Kier molecular flexibility index (Phi) is 4.48. The first-order valence-electron chi connectivity index (χ1n) is 8.91. The Balaban J connectivity index is 1.43. The highest BCUT2D eigenvalue weighted by molar-refractivity contribution is 5.93. The van der Waals surface area contributed by atoms with E-state index < -0.39 is 0 Å². The summed E-state index contributed by atoms with van der Waals surface area (Å²) in [6.07, 6.45) is 5.23. The fourth-order valence-electron chi connectivity index (χ4n) is 3.49. The van der Waals surface area contributed by atoms with Gasteiger partial charge in [-0.3, -0.25) is 4.79 Å². The molecule has 0 saturated carbocycles. The van der Waals surface area contributed by atoms with Crippen molar-refractivity contribution in [3.05, 3.63) is 72.4 Å². The molecule has 1 aromatic heterocycles. The second kappa shape index (κ2) is 7.08. The van der Waals surface area contributed by atoms with Crippen LogP contribution in [0.2, 0.25) is 0 Å². The fourth-order valence-corrected chi connectivity index (χ4v) is 3.49. The minimum Gasteiger partial charge on any atom is -0.484 e. The molecule has 1 aliphatic heterocycles. The lowest BCUT2D eigenvalue weighted by atomic mass is 9.99. The van der Waals surface area contributed by atoms with Crippen molar-refractivity contribution < 1.29 is 9.53 Å². The molecule has 2 heterocycles. The van der Waals surface area contributed by atoms with E-state index in [0.717, 1.165) is 18.7 Å². The lowest BCUT2D eigenvalue weighted by molar-refractivity contribution is -0.132. The Morgan fingerprint density at radius 2 is 1.85 bits per heavy atom. The normalized spacial score (nSPS) is 14.3. The van der Waals surface area contributed by atoms with Crippen molar-refractivity contribution in [1.29, 1.82) is 0 Å². The summed E-state index contributed by atoms with van der Waals surface area (Å²) >= 11 is 0. The smallest absolute Gasteiger partial charge is 0.260 e. The van der Waals surface area contributed by atoms with Gasteiger partial charge in [-0.1, -0.05) is 42.5 Å². The van der Waals surface area contributed by atoms with Crippen molar-refractivity contribution in [3.63, 3.8) is 0 Å². The molecule has 0 aliphatic carbocycles. The molecule has 4 heteroatoms. The maximum atomic E-state index is 12.4. The van der Waals surface area contributed by atoms with E-state index in [2.05, 4.69) is 48.2 Å². The third-order valence-corrected chi connectivity index (χ3v) is 4.91. The van der Waals surface area contributed by atoms with Crippen molar-refractivity contribution >= 4 is 22.4 Å². The van der Waals surface area contributed by atoms with Gasteiger partial charge in [-0.25, -0.2) is 0 Å². The zero-order chi connectivity index (χ0) is 17.9.